The number of hydrogen-bond acceptors (Lipinski definition) is 3. The quantitative estimate of drug-likeness (QED) is 0.782. The Balaban J connectivity index is 2.36. The third-order valence-electron chi connectivity index (χ3n) is 3.13. The molecule has 2 rings (SSSR count). The van der Waals surface area contributed by atoms with Crippen molar-refractivity contribution in [2.24, 2.45) is 0 Å². The van der Waals surface area contributed by atoms with Gasteiger partial charge in [0.05, 0.1) is 21.7 Å². The van der Waals surface area contributed by atoms with Crippen LogP contribution < -0.4 is 10.6 Å². The third-order valence-corrected chi connectivity index (χ3v) is 3.87. The van der Waals surface area contributed by atoms with E-state index in [2.05, 4.69) is 15.4 Å². The van der Waals surface area contributed by atoms with Gasteiger partial charge in [-0.2, -0.15) is 13.2 Å². The summed E-state index contributed by atoms with van der Waals surface area (Å²) in [5.74, 6) is -1.20. The molecular weight excluding hydrogens is 372 g/mol. The van der Waals surface area contributed by atoms with E-state index < -0.39 is 30.8 Å². The van der Waals surface area contributed by atoms with Crippen LogP contribution in [0.15, 0.2) is 29.5 Å². The zero-order valence-corrected chi connectivity index (χ0v) is 13.6. The molecule has 1 aliphatic rings. The molecular formula is C14H11Cl2F3N2O3. The molecule has 0 unspecified atom stereocenters. The maximum absolute atomic E-state index is 12.2. The number of allylic oxidation sites excluding steroid dienone is 1. The van der Waals surface area contributed by atoms with Crippen LogP contribution in [0.1, 0.15) is 18.5 Å². The molecule has 0 bridgehead atoms. The Morgan fingerprint density at radius 1 is 1.29 bits per heavy atom. The van der Waals surface area contributed by atoms with Gasteiger partial charge in [0.25, 0.3) is 0 Å². The molecule has 0 saturated carbocycles. The number of rotatable bonds is 3. The number of urea groups is 1. The predicted molar refractivity (Wildman–Crippen MR) is 80.6 cm³/mol. The van der Waals surface area contributed by atoms with E-state index in [-0.39, 0.29) is 21.3 Å². The van der Waals surface area contributed by atoms with Crippen molar-refractivity contribution in [3.63, 3.8) is 0 Å². The number of carbonyl (C=O) groups is 2. The van der Waals surface area contributed by atoms with Crippen molar-refractivity contribution in [2.75, 3.05) is 6.61 Å². The Morgan fingerprint density at radius 3 is 2.54 bits per heavy atom. The van der Waals surface area contributed by atoms with Crippen LogP contribution in [0.2, 0.25) is 10.0 Å². The maximum Gasteiger partial charge on any atom is 0.422 e. The number of esters is 1. The van der Waals surface area contributed by atoms with E-state index in [4.69, 9.17) is 23.2 Å². The summed E-state index contributed by atoms with van der Waals surface area (Å²) in [6.45, 7) is -0.349. The molecule has 0 radical (unpaired) electrons. The highest BCUT2D eigenvalue weighted by molar-refractivity contribution is 6.42. The lowest BCUT2D eigenvalue weighted by atomic mass is 9.95. The molecule has 130 valence electrons. The second kappa shape index (κ2) is 6.90. The molecule has 0 fully saturated rings. The predicted octanol–water partition coefficient (Wildman–Crippen LogP) is 3.73. The number of alkyl halides is 3. The van der Waals surface area contributed by atoms with Gasteiger partial charge >= 0.3 is 18.2 Å². The van der Waals surface area contributed by atoms with E-state index in [1.807, 2.05) is 0 Å². The zero-order valence-electron chi connectivity index (χ0n) is 12.1. The first-order valence-corrected chi connectivity index (χ1v) is 7.31. The summed E-state index contributed by atoms with van der Waals surface area (Å²) in [7, 11) is 0. The largest absolute Gasteiger partial charge is 0.453 e. The Labute approximate surface area is 144 Å². The van der Waals surface area contributed by atoms with Crippen LogP contribution in [0.25, 0.3) is 0 Å². The minimum Gasteiger partial charge on any atom is -0.453 e. The van der Waals surface area contributed by atoms with Crippen LogP contribution in [0.4, 0.5) is 18.0 Å². The molecule has 0 aromatic heterocycles. The molecule has 0 saturated heterocycles. The van der Waals surface area contributed by atoms with Crippen molar-refractivity contribution in [3.05, 3.63) is 45.1 Å². The smallest absolute Gasteiger partial charge is 0.422 e. The van der Waals surface area contributed by atoms with E-state index in [1.54, 1.807) is 0 Å². The molecule has 0 spiro atoms. The molecule has 1 atom stereocenters. The first-order valence-electron chi connectivity index (χ1n) is 6.55. The summed E-state index contributed by atoms with van der Waals surface area (Å²) in [6, 6.07) is 2.71. The first kappa shape index (κ1) is 18.4. The Morgan fingerprint density at radius 2 is 1.96 bits per heavy atom. The SMILES string of the molecule is CC1=C(C(=O)OCC(F)(F)F)[C@H](c2ccc(Cl)c(Cl)c2)NC(=O)N1. The van der Waals surface area contributed by atoms with Crippen molar-refractivity contribution < 1.29 is 27.5 Å². The molecule has 10 heteroatoms. The van der Waals surface area contributed by atoms with Gasteiger partial charge in [-0.15, -0.1) is 0 Å². The lowest BCUT2D eigenvalue weighted by Gasteiger charge is -2.28. The normalized spacial score (nSPS) is 18.1. The Kier molecular flexibility index (Phi) is 5.29. The zero-order chi connectivity index (χ0) is 18.1. The van der Waals surface area contributed by atoms with Crippen LogP contribution in [0.3, 0.4) is 0 Å². The van der Waals surface area contributed by atoms with Crippen molar-refractivity contribution in [1.29, 1.82) is 0 Å². The summed E-state index contributed by atoms with van der Waals surface area (Å²) >= 11 is 11.7. The molecule has 24 heavy (non-hydrogen) atoms. The van der Waals surface area contributed by atoms with Crippen molar-refractivity contribution in [2.45, 2.75) is 19.1 Å². The fourth-order valence-electron chi connectivity index (χ4n) is 2.13. The lowest BCUT2D eigenvalue weighted by molar-refractivity contribution is -0.183. The summed E-state index contributed by atoms with van der Waals surface area (Å²) < 4.78 is 41.0. The van der Waals surface area contributed by atoms with Gasteiger partial charge in [-0.05, 0) is 24.6 Å². The van der Waals surface area contributed by atoms with Crippen molar-refractivity contribution in [3.8, 4) is 0 Å². The van der Waals surface area contributed by atoms with E-state index in [9.17, 15) is 22.8 Å². The van der Waals surface area contributed by atoms with Crippen LogP contribution in [-0.4, -0.2) is 24.8 Å². The molecule has 1 heterocycles. The molecule has 0 aliphatic carbocycles. The summed E-state index contributed by atoms with van der Waals surface area (Å²) in [5, 5.41) is 5.19. The number of amides is 2. The Hall–Kier alpha value is -1.93. The van der Waals surface area contributed by atoms with Crippen LogP contribution in [0.5, 0.6) is 0 Å². The van der Waals surface area contributed by atoms with Crippen LogP contribution in [0, 0.1) is 0 Å². The van der Waals surface area contributed by atoms with E-state index in [0.717, 1.165) is 0 Å². The molecule has 5 nitrogen and oxygen atoms in total. The molecule has 1 aliphatic heterocycles. The van der Waals surface area contributed by atoms with Gasteiger partial charge in [-0.25, -0.2) is 9.59 Å². The maximum atomic E-state index is 12.2. The van der Waals surface area contributed by atoms with Gasteiger partial charge in [0.2, 0.25) is 0 Å². The van der Waals surface area contributed by atoms with E-state index in [1.165, 1.54) is 25.1 Å². The number of ether oxygens (including phenoxy) is 1. The van der Waals surface area contributed by atoms with Gasteiger partial charge in [-0.3, -0.25) is 0 Å². The highest BCUT2D eigenvalue weighted by Gasteiger charge is 2.35. The van der Waals surface area contributed by atoms with Gasteiger partial charge in [0.1, 0.15) is 0 Å². The van der Waals surface area contributed by atoms with Crippen molar-refractivity contribution in [1.82, 2.24) is 10.6 Å². The second-order valence-corrected chi connectivity index (χ2v) is 5.75. The number of hydrogen-bond donors (Lipinski definition) is 2. The summed E-state index contributed by atoms with van der Waals surface area (Å²) in [4.78, 5) is 23.7. The molecule has 1 aromatic carbocycles. The number of halogens is 5. The first-order chi connectivity index (χ1) is 11.1. The minimum absolute atomic E-state index is 0.0852. The number of nitrogens with one attached hydrogen (secondary N) is 2. The second-order valence-electron chi connectivity index (χ2n) is 4.94. The molecule has 2 N–H and O–H groups in total. The standard InChI is InChI=1S/C14H11Cl2F3N2O3/c1-6-10(12(22)24-5-14(17,18)19)11(21-13(23)20-6)7-2-3-8(15)9(16)4-7/h2-4,11H,5H2,1H3,(H2,20,21,23)/t11-/m0/s1. The van der Waals surface area contributed by atoms with Gasteiger partial charge in [-0.1, -0.05) is 29.3 Å². The van der Waals surface area contributed by atoms with E-state index in [0.29, 0.717) is 5.56 Å². The summed E-state index contributed by atoms with van der Waals surface area (Å²) in [5.41, 5.74) is 0.303. The van der Waals surface area contributed by atoms with Gasteiger partial charge < -0.3 is 15.4 Å². The third kappa shape index (κ3) is 4.33. The average Bonchev–Trinajstić information content (AvgIpc) is 2.46. The van der Waals surface area contributed by atoms with E-state index >= 15 is 0 Å². The average molecular weight is 383 g/mol. The Bertz CT molecular complexity index is 720. The van der Waals surface area contributed by atoms with Crippen LogP contribution in [-0.2, 0) is 9.53 Å². The van der Waals surface area contributed by atoms with Crippen LogP contribution >= 0.6 is 23.2 Å². The number of carbonyl (C=O) groups excluding carboxylic acids is 2. The van der Waals surface area contributed by atoms with Crippen molar-refractivity contribution >= 4 is 35.2 Å². The molecule has 2 amide bonds. The monoisotopic (exact) mass is 382 g/mol. The minimum atomic E-state index is -4.66. The van der Waals surface area contributed by atoms with Gasteiger partial charge in [0, 0.05) is 5.70 Å². The summed E-state index contributed by atoms with van der Waals surface area (Å²) in [6.07, 6.45) is -4.66. The highest BCUT2D eigenvalue weighted by atomic mass is 35.5. The fraction of sp³-hybridized carbons (Fsp3) is 0.286. The van der Waals surface area contributed by atoms with Gasteiger partial charge in [0.15, 0.2) is 6.61 Å². The fourth-order valence-corrected chi connectivity index (χ4v) is 2.44. The lowest BCUT2D eigenvalue weighted by Crippen LogP contribution is -2.45. The molecule has 1 aromatic rings. The highest BCUT2D eigenvalue weighted by Crippen LogP contribution is 2.32. The topological polar surface area (TPSA) is 67.4 Å². The number of benzene rings is 1.